The molecule has 0 amide bonds. The summed E-state index contributed by atoms with van der Waals surface area (Å²) in [5.74, 6) is -5.30. The number of fused-ring (bicyclic) bond motifs is 2. The SMILES string of the molecule is CO[C@@]1(c2ccc(C)c(Cc3ccc(-c4ccc(F)cc4)s3)c2)O[C@H](CO)[C@@H](O)[C@H](O)[C@H]1O.C[Si](C)(C)OC[C@H]1OC(=O)[C@H](O[Si](C)(C)C)[C@@H](O[Si](C)(C)C)[C@@H]1O[Si](C)(C)C.Cc1ccc([C@@]23OC[C@@](CO)(O2)[C@@H](O)[C@H](O)[C@H]3O)cc1Cc1ccc(-c2ccc(F)cc2)s1.Fc1ccc(-c2cccs2)cc1.O=C(Cl)c1cc(Br)ccc1Cl.O=C(c1ccc(-c2ccc(F)cc2)s1)c1cc(Br)ccc1Cl.OB(O)c1ccc(F)cc1. The number of ketones is 1. The van der Waals surface area contributed by atoms with Gasteiger partial charge in [-0.05, 0) is 311 Å². The van der Waals surface area contributed by atoms with Crippen molar-refractivity contribution in [3.05, 3.63) is 355 Å². The van der Waals surface area contributed by atoms with Gasteiger partial charge >= 0.3 is 13.1 Å². The van der Waals surface area contributed by atoms with Gasteiger partial charge in [-0.3, -0.25) is 9.59 Å². The largest absolute Gasteiger partial charge is 0.488 e. The molecule has 41 heteroatoms. The van der Waals surface area contributed by atoms with Crippen molar-refractivity contribution in [3.8, 4) is 41.8 Å². The van der Waals surface area contributed by atoms with E-state index in [9.17, 15) is 77.2 Å². The summed E-state index contributed by atoms with van der Waals surface area (Å²) >= 11 is 29.8. The number of methoxy groups -OCH3 is 1. The molecule has 8 heterocycles. The summed E-state index contributed by atoms with van der Waals surface area (Å²) in [5.41, 5.74) is 8.40. The number of aliphatic hydroxyl groups excluding tert-OH is 8. The molecule has 796 valence electrons. The van der Waals surface area contributed by atoms with Crippen molar-refractivity contribution in [2.45, 2.75) is 190 Å². The van der Waals surface area contributed by atoms with Crippen molar-refractivity contribution in [1.29, 1.82) is 0 Å². The zero-order valence-electron chi connectivity index (χ0n) is 84.1. The van der Waals surface area contributed by atoms with Crippen LogP contribution < -0.4 is 5.46 Å². The lowest BCUT2D eigenvalue weighted by Gasteiger charge is -2.47. The van der Waals surface area contributed by atoms with Gasteiger partial charge in [0.2, 0.25) is 17.4 Å². The maximum atomic E-state index is 13.2. The normalized spacial score (nSPS) is 22.0. The molecule has 4 aliphatic heterocycles. The van der Waals surface area contributed by atoms with Crippen LogP contribution in [-0.4, -0.2) is 215 Å². The highest BCUT2D eigenvalue weighted by Crippen LogP contribution is 2.51. The lowest BCUT2D eigenvalue weighted by atomic mass is 9.80. The van der Waals surface area contributed by atoms with Crippen LogP contribution in [0, 0.1) is 42.9 Å². The highest BCUT2D eigenvalue weighted by molar-refractivity contribution is 9.10. The Kier molecular flexibility index (Phi) is 43.3. The average molecular weight is 2380 g/mol. The van der Waals surface area contributed by atoms with Crippen molar-refractivity contribution >= 4 is 175 Å². The van der Waals surface area contributed by atoms with Gasteiger partial charge < -0.3 is 92.3 Å². The van der Waals surface area contributed by atoms with E-state index in [-0.39, 0.29) is 53.5 Å². The average Bonchev–Trinajstić information content (AvgIpc) is 1.55. The maximum Gasteiger partial charge on any atom is 0.488 e. The second-order valence-electron chi connectivity index (χ2n) is 39.4. The Labute approximate surface area is 915 Å². The van der Waals surface area contributed by atoms with E-state index in [1.54, 1.807) is 137 Å². The third-order valence-corrected chi connectivity index (χ3v) is 33.6. The van der Waals surface area contributed by atoms with Gasteiger partial charge in [0.15, 0.2) is 45.5 Å². The first-order valence-corrected chi connectivity index (χ1v) is 66.8. The fraction of sp³-hybridized carbons (Fsp3) is 0.324. The first-order valence-electron chi connectivity index (χ1n) is 47.1. The van der Waals surface area contributed by atoms with Gasteiger partial charge in [0, 0.05) is 74.9 Å². The molecule has 0 radical (unpaired) electrons. The molecule has 2 bridgehead atoms. The van der Waals surface area contributed by atoms with E-state index < -0.39 is 137 Å². The van der Waals surface area contributed by atoms with Gasteiger partial charge in [-0.25, -0.2) is 26.7 Å². The zero-order chi connectivity index (χ0) is 109. The van der Waals surface area contributed by atoms with Gasteiger partial charge in [0.05, 0.1) is 46.9 Å². The van der Waals surface area contributed by atoms with Crippen LogP contribution in [0.3, 0.4) is 0 Å². The smallest absolute Gasteiger partial charge is 0.455 e. The minimum atomic E-state index is -2.00. The van der Waals surface area contributed by atoms with Crippen LogP contribution in [-0.2, 0) is 70.6 Å². The van der Waals surface area contributed by atoms with Crippen LogP contribution in [0.15, 0.2) is 257 Å². The van der Waals surface area contributed by atoms with Crippen molar-refractivity contribution in [2.24, 2.45) is 0 Å². The summed E-state index contributed by atoms with van der Waals surface area (Å²) in [7, 11) is -7.83. The number of halogens is 10. The number of carbonyl (C=O) groups excluding carboxylic acids is 3. The summed E-state index contributed by atoms with van der Waals surface area (Å²) in [4.78, 5) is 43.1. The van der Waals surface area contributed by atoms with Crippen LogP contribution in [0.2, 0.25) is 88.6 Å². The summed E-state index contributed by atoms with van der Waals surface area (Å²) in [5, 5.41) is 102. The van der Waals surface area contributed by atoms with E-state index in [0.717, 1.165) is 77.8 Å². The van der Waals surface area contributed by atoms with Crippen LogP contribution in [0.25, 0.3) is 41.8 Å². The molecule has 14 atom stereocenters. The topological polar surface area (TPSA) is 337 Å². The number of carbonyl (C=O) groups is 3. The molecule has 0 saturated carbocycles. The van der Waals surface area contributed by atoms with Crippen molar-refractivity contribution < 1.29 is 129 Å². The number of rotatable bonds is 26. The zero-order valence-corrected chi connectivity index (χ0v) is 96.8. The van der Waals surface area contributed by atoms with Crippen LogP contribution in [0.5, 0.6) is 0 Å². The number of ether oxygens (including phenoxy) is 5. The predicted molar refractivity (Wildman–Crippen MR) is 594 cm³/mol. The fourth-order valence-electron chi connectivity index (χ4n) is 16.0. The van der Waals surface area contributed by atoms with E-state index >= 15 is 0 Å². The van der Waals surface area contributed by atoms with Gasteiger partial charge in [-0.15, -0.1) is 45.3 Å². The number of cyclic esters (lactones) is 1. The minimum absolute atomic E-state index is 0.121. The number of benzene rings is 9. The molecule has 0 unspecified atom stereocenters. The van der Waals surface area contributed by atoms with Crippen molar-refractivity contribution in [3.63, 3.8) is 0 Å². The summed E-state index contributed by atoms with van der Waals surface area (Å²) in [6, 6.07) is 67.3. The van der Waals surface area contributed by atoms with E-state index in [2.05, 4.69) is 110 Å². The van der Waals surface area contributed by atoms with E-state index in [4.69, 9.17) is 86.2 Å². The number of hydrogen-bond acceptors (Lipinski definition) is 26. The Morgan fingerprint density at radius 2 is 0.933 bits per heavy atom. The van der Waals surface area contributed by atoms with Crippen LogP contribution in [0.1, 0.15) is 68.7 Å². The first kappa shape index (κ1) is 121. The maximum absolute atomic E-state index is 13.2. The molecular weight excluding hydrogens is 2260 g/mol. The Morgan fingerprint density at radius 3 is 1.37 bits per heavy atom. The molecule has 17 rings (SSSR count). The quantitative estimate of drug-likeness (QED) is 0.00791. The Hall–Kier alpha value is -7.72. The molecule has 149 heavy (non-hydrogen) atoms. The van der Waals surface area contributed by atoms with Gasteiger partial charge in [-0.1, -0.05) is 146 Å². The third-order valence-electron chi connectivity index (χ3n) is 23.5. The van der Waals surface area contributed by atoms with Crippen molar-refractivity contribution in [2.75, 3.05) is 33.5 Å². The lowest BCUT2D eigenvalue weighted by Crippen LogP contribution is -2.65. The molecule has 13 aromatic rings. The summed E-state index contributed by atoms with van der Waals surface area (Å²) < 4.78 is 120. The van der Waals surface area contributed by atoms with Crippen LogP contribution >= 0.6 is 112 Å². The summed E-state index contributed by atoms with van der Waals surface area (Å²) in [6.07, 6.45) is -11.1. The fourth-order valence-corrected chi connectivity index (χ4v) is 24.9. The number of hydrogen-bond donors (Lipinski definition) is 10. The number of aryl methyl sites for hydroxylation is 2. The molecule has 10 N–H and O–H groups in total. The second kappa shape index (κ2) is 53.1. The molecule has 4 aliphatic rings. The van der Waals surface area contributed by atoms with Gasteiger partial charge in [0.25, 0.3) is 5.24 Å². The van der Waals surface area contributed by atoms with Crippen LogP contribution in [0.4, 0.5) is 22.0 Å². The van der Waals surface area contributed by atoms with E-state index in [1.165, 1.54) is 96.1 Å². The number of thiophene rings is 4. The minimum Gasteiger partial charge on any atom is -0.455 e. The first-order chi connectivity index (χ1) is 70.0. The highest BCUT2D eigenvalue weighted by atomic mass is 79.9. The Morgan fingerprint density at radius 1 is 0.490 bits per heavy atom. The molecule has 4 saturated heterocycles. The van der Waals surface area contributed by atoms with E-state index in [1.807, 2.05) is 86.0 Å². The third kappa shape index (κ3) is 33.0. The monoisotopic (exact) mass is 2380 g/mol. The van der Waals surface area contributed by atoms with E-state index in [0.29, 0.717) is 62.1 Å². The highest BCUT2D eigenvalue weighted by Gasteiger charge is 2.67. The number of esters is 1. The Balaban J connectivity index is 0.000000172. The molecule has 0 spiro atoms. The van der Waals surface area contributed by atoms with Crippen molar-refractivity contribution in [1.82, 2.24) is 0 Å². The molecule has 4 fully saturated rings. The molecular formula is C108H119BBr2Cl3F5O22S4Si4. The van der Waals surface area contributed by atoms with Gasteiger partial charge in [0.1, 0.15) is 89.6 Å². The second-order valence-corrected chi connectivity index (χ2v) is 64.6. The standard InChI is InChI=1S/C25H25FO6S.C25H27FO6S.C18H42O6Si4.C17H9BrClFOS.C10H7FS.C7H3BrCl2O.C6H6BFO2/c1-14-2-5-17(25-23(30)21(28)22(29)24(12-27,32-25)13-31-25)10-16(14)11-19-8-9-20(33-19)15-3-6-18(26)7-4-15;1-14-3-6-17(25(31-2)24(30)23(29)22(28)20(13-27)32-25)11-16(14)12-19-9-10-21(33-19)15-4-7-18(26)8-5-15;1-25(2,3)20-13-14-15(22-26(4,5)6)16(23-27(7,8)9)17(18(19)21-14)24-28(10,11)12;18-11-3-6-14(19)13(9-11)17(21)16-8-7-15(22-16)10-1-4-12(20)5-2-10;11-9-5-3-8(4-6-9)10-2-1-7-12-10;8-4-1-2-6(9)5(3-4)7(10)11;8-6-3-1-5(2-4-6)7(9)10/h2-10,21-23,27-30H,11-13H2,1H3;3-11,20,22-24,27-30H,12-13H2,1-2H3;14-17H,13H2,1-12H3;1-9H;1-7H;1-3H;1-4,9-10H/t21-,22-,23+,24+,25+;20-,22-,23+,24-,25+;14-,15-,16+,17-;;;;/m011..../s1. The Bertz CT molecular complexity index is 6480. The number of aliphatic hydroxyl groups is 8. The molecule has 9 aromatic carbocycles. The molecule has 22 nitrogen and oxygen atoms in total. The molecule has 0 aliphatic carbocycles. The molecule has 4 aromatic heterocycles. The van der Waals surface area contributed by atoms with Gasteiger partial charge in [-0.2, -0.15) is 0 Å². The summed E-state index contributed by atoms with van der Waals surface area (Å²) in [6.45, 7) is 28.4. The predicted octanol–water partition coefficient (Wildman–Crippen LogP) is 22.4. The lowest BCUT2D eigenvalue weighted by molar-refractivity contribution is -0.366.